The summed E-state index contributed by atoms with van der Waals surface area (Å²) in [6, 6.07) is 18.1. The lowest BCUT2D eigenvalue weighted by Crippen LogP contribution is -2.08. The van der Waals surface area contributed by atoms with Crippen molar-refractivity contribution >= 4 is 5.97 Å². The number of carbonyl (C=O) groups is 1. The fourth-order valence-corrected chi connectivity index (χ4v) is 2.47. The molecule has 3 rings (SSSR count). The second-order valence-electron chi connectivity index (χ2n) is 5.72. The zero-order chi connectivity index (χ0) is 18.4. The quantitative estimate of drug-likeness (QED) is 0.638. The van der Waals surface area contributed by atoms with E-state index in [1.807, 2.05) is 30.3 Å². The minimum Gasteiger partial charge on any atom is -0.494 e. The van der Waals surface area contributed by atoms with E-state index in [1.165, 1.54) is 6.07 Å². The minimum atomic E-state index is -0.836. The van der Waals surface area contributed by atoms with Crippen LogP contribution in [0.1, 0.15) is 12.8 Å². The number of benzene rings is 2. The molecule has 0 spiro atoms. The molecule has 0 aliphatic carbocycles. The van der Waals surface area contributed by atoms with Crippen LogP contribution in [-0.4, -0.2) is 27.7 Å². The van der Waals surface area contributed by atoms with Gasteiger partial charge in [0.2, 0.25) is 0 Å². The van der Waals surface area contributed by atoms with Crippen LogP contribution in [0, 0.1) is 0 Å². The van der Waals surface area contributed by atoms with Crippen LogP contribution in [0.25, 0.3) is 22.6 Å². The van der Waals surface area contributed by atoms with Gasteiger partial charge >= 0.3 is 5.97 Å². The van der Waals surface area contributed by atoms with Gasteiger partial charge in [-0.15, -0.1) is 0 Å². The zero-order valence-electron chi connectivity index (χ0n) is 14.0. The number of hydrogen-bond donors (Lipinski definition) is 2. The van der Waals surface area contributed by atoms with Crippen LogP contribution in [0.2, 0.25) is 0 Å². The molecule has 6 heteroatoms. The molecular weight excluding hydrogens is 332 g/mol. The molecular formula is C20H18N2O4. The van der Waals surface area contributed by atoms with E-state index in [1.54, 1.807) is 24.3 Å². The highest BCUT2D eigenvalue weighted by Gasteiger charge is 2.06. The number of carboxylic acids is 1. The number of H-pyrrole nitrogens is 1. The standard InChI is InChI=1S/C20H18N2O4/c23-18-13-17(14-5-2-1-3-6-14)21-20(22-18)15-8-10-16(11-9-15)26-12-4-7-19(24)25/h1-3,5-6,8-11,13H,4,7,12H2,(H,24,25)(H,21,22,23). The van der Waals surface area contributed by atoms with Gasteiger partial charge in [-0.1, -0.05) is 30.3 Å². The average molecular weight is 350 g/mol. The summed E-state index contributed by atoms with van der Waals surface area (Å²) in [6.45, 7) is 0.338. The molecule has 0 aliphatic rings. The topological polar surface area (TPSA) is 92.3 Å². The smallest absolute Gasteiger partial charge is 0.303 e. The van der Waals surface area contributed by atoms with E-state index in [0.29, 0.717) is 30.3 Å². The molecule has 0 atom stereocenters. The third-order valence-electron chi connectivity index (χ3n) is 3.74. The van der Waals surface area contributed by atoms with Crippen molar-refractivity contribution in [1.82, 2.24) is 9.97 Å². The molecule has 0 amide bonds. The fraction of sp³-hybridized carbons (Fsp3) is 0.150. The summed E-state index contributed by atoms with van der Waals surface area (Å²) in [6.07, 6.45) is 0.528. The van der Waals surface area contributed by atoms with Crippen LogP contribution in [0.5, 0.6) is 5.75 Å². The largest absolute Gasteiger partial charge is 0.494 e. The molecule has 0 aliphatic heterocycles. The molecule has 0 radical (unpaired) electrons. The normalized spacial score (nSPS) is 10.5. The number of aliphatic carboxylic acids is 1. The Kier molecular flexibility index (Phi) is 5.43. The summed E-state index contributed by atoms with van der Waals surface area (Å²) < 4.78 is 5.51. The number of nitrogens with one attached hydrogen (secondary N) is 1. The van der Waals surface area contributed by atoms with Crippen LogP contribution < -0.4 is 10.3 Å². The molecule has 1 aromatic heterocycles. The SMILES string of the molecule is O=C(O)CCCOc1ccc(-c2nc(-c3ccccc3)cc(=O)[nH]2)cc1. The van der Waals surface area contributed by atoms with E-state index in [4.69, 9.17) is 9.84 Å². The molecule has 0 saturated carbocycles. The van der Waals surface area contributed by atoms with Crippen LogP contribution in [0.15, 0.2) is 65.5 Å². The Balaban J connectivity index is 1.76. The number of aromatic amines is 1. The summed E-state index contributed by atoms with van der Waals surface area (Å²) in [5, 5.41) is 8.61. The lowest BCUT2D eigenvalue weighted by Gasteiger charge is -2.07. The van der Waals surface area contributed by atoms with E-state index in [-0.39, 0.29) is 12.0 Å². The minimum absolute atomic E-state index is 0.0789. The maximum atomic E-state index is 12.0. The fourth-order valence-electron chi connectivity index (χ4n) is 2.47. The maximum Gasteiger partial charge on any atom is 0.303 e. The first-order chi connectivity index (χ1) is 12.6. The molecule has 1 heterocycles. The Morgan fingerprint density at radius 2 is 1.77 bits per heavy atom. The Morgan fingerprint density at radius 1 is 1.04 bits per heavy atom. The monoisotopic (exact) mass is 350 g/mol. The molecule has 0 saturated heterocycles. The molecule has 6 nitrogen and oxygen atoms in total. The Bertz CT molecular complexity index is 934. The Morgan fingerprint density at radius 3 is 2.46 bits per heavy atom. The van der Waals surface area contributed by atoms with Crippen molar-refractivity contribution in [2.45, 2.75) is 12.8 Å². The van der Waals surface area contributed by atoms with Crippen molar-refractivity contribution < 1.29 is 14.6 Å². The van der Waals surface area contributed by atoms with Crippen molar-refractivity contribution in [3.05, 3.63) is 71.0 Å². The highest BCUT2D eigenvalue weighted by atomic mass is 16.5. The van der Waals surface area contributed by atoms with Crippen LogP contribution >= 0.6 is 0 Å². The Labute approximate surface area is 150 Å². The number of carboxylic acid groups (broad SMARTS) is 1. The first-order valence-corrected chi connectivity index (χ1v) is 8.23. The first-order valence-electron chi connectivity index (χ1n) is 8.23. The van der Waals surface area contributed by atoms with Crippen LogP contribution in [0.4, 0.5) is 0 Å². The number of hydrogen-bond acceptors (Lipinski definition) is 4. The lowest BCUT2D eigenvalue weighted by molar-refractivity contribution is -0.137. The predicted molar refractivity (Wildman–Crippen MR) is 98.1 cm³/mol. The van der Waals surface area contributed by atoms with Crippen molar-refractivity contribution in [2.24, 2.45) is 0 Å². The third kappa shape index (κ3) is 4.57. The van der Waals surface area contributed by atoms with Crippen molar-refractivity contribution in [3.63, 3.8) is 0 Å². The molecule has 3 aromatic rings. The molecule has 2 aromatic carbocycles. The van der Waals surface area contributed by atoms with E-state index in [0.717, 1.165) is 11.1 Å². The molecule has 0 unspecified atom stereocenters. The molecule has 0 bridgehead atoms. The molecule has 0 fully saturated rings. The summed E-state index contributed by atoms with van der Waals surface area (Å²) in [5.41, 5.74) is 2.03. The summed E-state index contributed by atoms with van der Waals surface area (Å²) in [7, 11) is 0. The summed E-state index contributed by atoms with van der Waals surface area (Å²) >= 11 is 0. The maximum absolute atomic E-state index is 12.0. The van der Waals surface area contributed by atoms with E-state index >= 15 is 0 Å². The lowest BCUT2D eigenvalue weighted by atomic mass is 10.1. The zero-order valence-corrected chi connectivity index (χ0v) is 14.0. The van der Waals surface area contributed by atoms with E-state index < -0.39 is 5.97 Å². The van der Waals surface area contributed by atoms with Crippen molar-refractivity contribution in [3.8, 4) is 28.4 Å². The first kappa shape index (κ1) is 17.4. The van der Waals surface area contributed by atoms with Crippen molar-refractivity contribution in [2.75, 3.05) is 6.61 Å². The number of ether oxygens (including phenoxy) is 1. The van der Waals surface area contributed by atoms with Crippen LogP contribution in [0.3, 0.4) is 0 Å². The summed E-state index contributed by atoms with van der Waals surface area (Å²) in [4.78, 5) is 29.7. The molecule has 26 heavy (non-hydrogen) atoms. The van der Waals surface area contributed by atoms with Gasteiger partial charge in [-0.3, -0.25) is 9.59 Å². The molecule has 132 valence electrons. The van der Waals surface area contributed by atoms with Gasteiger partial charge in [0.25, 0.3) is 5.56 Å². The van der Waals surface area contributed by atoms with Crippen LogP contribution in [-0.2, 0) is 4.79 Å². The highest BCUT2D eigenvalue weighted by molar-refractivity contribution is 5.66. The Hall–Kier alpha value is -3.41. The van der Waals surface area contributed by atoms with Gasteiger partial charge in [-0.2, -0.15) is 0 Å². The van der Waals surface area contributed by atoms with Gasteiger partial charge in [-0.05, 0) is 30.7 Å². The van der Waals surface area contributed by atoms with Gasteiger partial charge in [0.1, 0.15) is 11.6 Å². The van der Waals surface area contributed by atoms with Gasteiger partial charge in [0.05, 0.1) is 12.3 Å². The number of aromatic nitrogens is 2. The van der Waals surface area contributed by atoms with E-state index in [2.05, 4.69) is 9.97 Å². The molecule has 2 N–H and O–H groups in total. The highest BCUT2D eigenvalue weighted by Crippen LogP contribution is 2.21. The second-order valence-corrected chi connectivity index (χ2v) is 5.72. The number of nitrogens with zero attached hydrogens (tertiary/aromatic N) is 1. The second kappa shape index (κ2) is 8.11. The average Bonchev–Trinajstić information content (AvgIpc) is 2.66. The third-order valence-corrected chi connectivity index (χ3v) is 3.74. The van der Waals surface area contributed by atoms with Gasteiger partial charge < -0.3 is 14.8 Å². The predicted octanol–water partition coefficient (Wildman–Crippen LogP) is 3.35. The van der Waals surface area contributed by atoms with E-state index in [9.17, 15) is 9.59 Å². The van der Waals surface area contributed by atoms with Gasteiger partial charge in [-0.25, -0.2) is 4.98 Å². The van der Waals surface area contributed by atoms with Crippen molar-refractivity contribution in [1.29, 1.82) is 0 Å². The van der Waals surface area contributed by atoms with Gasteiger partial charge in [0, 0.05) is 23.6 Å². The number of rotatable bonds is 7. The summed E-state index contributed by atoms with van der Waals surface area (Å²) in [5.74, 6) is 0.284. The van der Waals surface area contributed by atoms with Gasteiger partial charge in [0.15, 0.2) is 0 Å².